The molecule has 1 aromatic carbocycles. The molecule has 2 rings (SSSR count). The zero-order chi connectivity index (χ0) is 16.8. The van der Waals surface area contributed by atoms with Gasteiger partial charge in [-0.05, 0) is 49.9 Å². The molecule has 0 aliphatic heterocycles. The molecule has 3 N–H and O–H groups in total. The van der Waals surface area contributed by atoms with Crippen LogP contribution in [0.2, 0.25) is 0 Å². The molecule has 1 aliphatic carbocycles. The Morgan fingerprint density at radius 1 is 1.26 bits per heavy atom. The van der Waals surface area contributed by atoms with Crippen LogP contribution in [0.5, 0.6) is 0 Å². The number of aryl methyl sites for hydroxylation is 2. The molecule has 5 nitrogen and oxygen atoms in total. The van der Waals surface area contributed by atoms with E-state index in [2.05, 4.69) is 24.2 Å². The molecule has 23 heavy (non-hydrogen) atoms. The average Bonchev–Trinajstić information content (AvgIpc) is 2.56. The highest BCUT2D eigenvalue weighted by atomic mass is 16.2. The van der Waals surface area contributed by atoms with E-state index in [1.165, 1.54) is 30.4 Å². The van der Waals surface area contributed by atoms with Crippen LogP contribution < -0.4 is 11.1 Å². The minimum Gasteiger partial charge on any atom is -0.370 e. The number of carbonyl (C=O) groups is 1. The van der Waals surface area contributed by atoms with Crippen molar-refractivity contribution < 1.29 is 4.79 Å². The Labute approximate surface area is 139 Å². The van der Waals surface area contributed by atoms with E-state index in [-0.39, 0.29) is 18.4 Å². The molecular formula is C18H28N4O. The first-order valence-corrected chi connectivity index (χ1v) is 8.37. The average molecular weight is 316 g/mol. The summed E-state index contributed by atoms with van der Waals surface area (Å²) in [6.45, 7) is 4.21. The van der Waals surface area contributed by atoms with Crippen LogP contribution in [0.15, 0.2) is 23.2 Å². The van der Waals surface area contributed by atoms with Crippen molar-refractivity contribution >= 4 is 17.6 Å². The quantitative estimate of drug-likeness (QED) is 0.663. The Balaban J connectivity index is 1.87. The first kappa shape index (κ1) is 17.3. The Hall–Kier alpha value is -2.04. The minimum atomic E-state index is 0.0294. The van der Waals surface area contributed by atoms with Crippen LogP contribution in [0, 0.1) is 13.8 Å². The number of hydrogen-bond donors (Lipinski definition) is 2. The molecular weight excluding hydrogens is 288 g/mol. The number of nitrogens with zero attached hydrogens (tertiary/aromatic N) is 2. The fraction of sp³-hybridized carbons (Fsp3) is 0.556. The smallest absolute Gasteiger partial charge is 0.244 e. The second kappa shape index (κ2) is 7.99. The predicted molar refractivity (Wildman–Crippen MR) is 95.7 cm³/mol. The molecule has 0 atom stereocenters. The zero-order valence-electron chi connectivity index (χ0n) is 14.4. The molecule has 1 aromatic rings. The number of amides is 1. The van der Waals surface area contributed by atoms with Gasteiger partial charge in [-0.25, -0.2) is 4.99 Å². The maximum atomic E-state index is 12.2. The third-order valence-electron chi connectivity index (χ3n) is 4.68. The number of guanidine groups is 1. The van der Waals surface area contributed by atoms with Gasteiger partial charge in [0.25, 0.3) is 0 Å². The Morgan fingerprint density at radius 3 is 2.61 bits per heavy atom. The molecule has 5 heteroatoms. The standard InChI is InChI=1S/C18H28N4O/c1-13-9-10-15(11-14(13)2)21-18(19)20-12-17(23)22(3)16-7-5-4-6-8-16/h9-11,16H,4-8,12H2,1-3H3,(H3,19,20,21). The summed E-state index contributed by atoms with van der Waals surface area (Å²) in [6, 6.07) is 6.38. The summed E-state index contributed by atoms with van der Waals surface area (Å²) in [6.07, 6.45) is 5.90. The number of aliphatic imine (C=N–C) groups is 1. The number of nitrogens with two attached hydrogens (primary N) is 1. The summed E-state index contributed by atoms with van der Waals surface area (Å²) >= 11 is 0. The van der Waals surface area contributed by atoms with Crippen LogP contribution in [0.3, 0.4) is 0 Å². The lowest BCUT2D eigenvalue weighted by atomic mass is 9.94. The maximum Gasteiger partial charge on any atom is 0.244 e. The highest BCUT2D eigenvalue weighted by Crippen LogP contribution is 2.21. The van der Waals surface area contributed by atoms with Gasteiger partial charge in [-0.1, -0.05) is 25.3 Å². The van der Waals surface area contributed by atoms with E-state index in [4.69, 9.17) is 5.73 Å². The molecule has 0 radical (unpaired) electrons. The van der Waals surface area contributed by atoms with Gasteiger partial charge in [0.1, 0.15) is 6.54 Å². The first-order valence-electron chi connectivity index (χ1n) is 8.37. The summed E-state index contributed by atoms with van der Waals surface area (Å²) in [5.41, 5.74) is 9.20. The van der Waals surface area contributed by atoms with Crippen molar-refractivity contribution in [3.63, 3.8) is 0 Å². The molecule has 0 heterocycles. The SMILES string of the molecule is Cc1ccc(NC(N)=NCC(=O)N(C)C2CCCCC2)cc1C. The lowest BCUT2D eigenvalue weighted by Gasteiger charge is -2.30. The molecule has 1 saturated carbocycles. The highest BCUT2D eigenvalue weighted by molar-refractivity contribution is 5.94. The molecule has 0 saturated heterocycles. The number of likely N-dealkylation sites (N-methyl/N-ethyl adjacent to an activating group) is 1. The normalized spacial score (nSPS) is 16.2. The van der Waals surface area contributed by atoms with Crippen molar-refractivity contribution in [1.82, 2.24) is 4.90 Å². The van der Waals surface area contributed by atoms with Crippen molar-refractivity contribution in [2.75, 3.05) is 18.9 Å². The third-order valence-corrected chi connectivity index (χ3v) is 4.68. The minimum absolute atomic E-state index is 0.0294. The number of carbonyl (C=O) groups excluding carboxylic acids is 1. The fourth-order valence-electron chi connectivity index (χ4n) is 2.94. The molecule has 0 unspecified atom stereocenters. The zero-order valence-corrected chi connectivity index (χ0v) is 14.4. The lowest BCUT2D eigenvalue weighted by molar-refractivity contribution is -0.130. The van der Waals surface area contributed by atoms with E-state index in [1.807, 2.05) is 30.1 Å². The van der Waals surface area contributed by atoms with E-state index in [0.717, 1.165) is 18.5 Å². The van der Waals surface area contributed by atoms with E-state index in [9.17, 15) is 4.79 Å². The van der Waals surface area contributed by atoms with Crippen molar-refractivity contribution in [3.8, 4) is 0 Å². The van der Waals surface area contributed by atoms with Crippen molar-refractivity contribution in [3.05, 3.63) is 29.3 Å². The van der Waals surface area contributed by atoms with Gasteiger partial charge in [-0.3, -0.25) is 4.79 Å². The maximum absolute atomic E-state index is 12.2. The van der Waals surface area contributed by atoms with E-state index < -0.39 is 0 Å². The van der Waals surface area contributed by atoms with Gasteiger partial charge >= 0.3 is 0 Å². The number of benzene rings is 1. The molecule has 0 bridgehead atoms. The second-order valence-corrected chi connectivity index (χ2v) is 6.42. The number of anilines is 1. The fourth-order valence-corrected chi connectivity index (χ4v) is 2.94. The van der Waals surface area contributed by atoms with Crippen LogP contribution in [-0.2, 0) is 4.79 Å². The molecule has 0 aromatic heterocycles. The van der Waals surface area contributed by atoms with Gasteiger partial charge in [0.05, 0.1) is 0 Å². The molecule has 1 fully saturated rings. The van der Waals surface area contributed by atoms with Crippen molar-refractivity contribution in [2.45, 2.75) is 52.0 Å². The van der Waals surface area contributed by atoms with E-state index >= 15 is 0 Å². The Bertz CT molecular complexity index is 576. The van der Waals surface area contributed by atoms with Crippen LogP contribution >= 0.6 is 0 Å². The third kappa shape index (κ3) is 4.98. The molecule has 1 amide bonds. The molecule has 1 aliphatic rings. The van der Waals surface area contributed by atoms with Crippen molar-refractivity contribution in [1.29, 1.82) is 0 Å². The number of rotatable bonds is 4. The van der Waals surface area contributed by atoms with Crippen LogP contribution in [0.1, 0.15) is 43.2 Å². The van der Waals surface area contributed by atoms with Crippen LogP contribution in [0.25, 0.3) is 0 Å². The van der Waals surface area contributed by atoms with E-state index in [1.54, 1.807) is 0 Å². The predicted octanol–water partition coefficient (Wildman–Crippen LogP) is 2.82. The summed E-state index contributed by atoms with van der Waals surface area (Å²) in [7, 11) is 1.88. The van der Waals surface area contributed by atoms with Gasteiger partial charge in [-0.15, -0.1) is 0 Å². The van der Waals surface area contributed by atoms with Crippen LogP contribution in [0.4, 0.5) is 5.69 Å². The number of nitrogens with one attached hydrogen (secondary N) is 1. The van der Waals surface area contributed by atoms with Gasteiger partial charge in [0, 0.05) is 18.8 Å². The van der Waals surface area contributed by atoms with Crippen molar-refractivity contribution in [2.24, 2.45) is 10.7 Å². The van der Waals surface area contributed by atoms with Gasteiger partial charge in [0.15, 0.2) is 5.96 Å². The van der Waals surface area contributed by atoms with E-state index in [0.29, 0.717) is 6.04 Å². The Kier molecular flexibility index (Phi) is 6.02. The molecule has 126 valence electrons. The number of hydrogen-bond acceptors (Lipinski definition) is 2. The summed E-state index contributed by atoms with van der Waals surface area (Å²) in [5.74, 6) is 0.306. The Morgan fingerprint density at radius 2 is 1.96 bits per heavy atom. The summed E-state index contributed by atoms with van der Waals surface area (Å²) in [5, 5.41) is 3.04. The van der Waals surface area contributed by atoms with Gasteiger partial charge in [0.2, 0.25) is 5.91 Å². The summed E-state index contributed by atoms with van der Waals surface area (Å²) < 4.78 is 0. The summed E-state index contributed by atoms with van der Waals surface area (Å²) in [4.78, 5) is 18.3. The van der Waals surface area contributed by atoms with Gasteiger partial charge < -0.3 is 16.0 Å². The second-order valence-electron chi connectivity index (χ2n) is 6.42. The highest BCUT2D eigenvalue weighted by Gasteiger charge is 2.21. The monoisotopic (exact) mass is 316 g/mol. The molecule has 0 spiro atoms. The lowest BCUT2D eigenvalue weighted by Crippen LogP contribution is -2.40. The topological polar surface area (TPSA) is 70.7 Å². The van der Waals surface area contributed by atoms with Crippen LogP contribution in [-0.4, -0.2) is 36.4 Å². The largest absolute Gasteiger partial charge is 0.370 e. The van der Waals surface area contributed by atoms with Gasteiger partial charge in [-0.2, -0.15) is 0 Å². The first-order chi connectivity index (χ1) is 11.0.